The summed E-state index contributed by atoms with van der Waals surface area (Å²) in [5.74, 6) is 3.66. The number of nitrogens with zero attached hydrogens (tertiary/aromatic N) is 2. The molecule has 0 radical (unpaired) electrons. The van der Waals surface area contributed by atoms with Gasteiger partial charge >= 0.3 is 0 Å². The van der Waals surface area contributed by atoms with Crippen LogP contribution in [0.1, 0.15) is 43.2 Å². The molecule has 0 saturated heterocycles. The van der Waals surface area contributed by atoms with Crippen molar-refractivity contribution in [1.29, 1.82) is 5.26 Å². The summed E-state index contributed by atoms with van der Waals surface area (Å²) in [5.41, 5.74) is 1.71. The van der Waals surface area contributed by atoms with Gasteiger partial charge in [-0.2, -0.15) is 5.26 Å². The molecule has 23 heavy (non-hydrogen) atoms. The Hall–Kier alpha value is -1.82. The summed E-state index contributed by atoms with van der Waals surface area (Å²) in [7, 11) is 1.92. The largest absolute Gasteiger partial charge is 0.341 e. The number of hydrogen-bond acceptors (Lipinski definition) is 2. The van der Waals surface area contributed by atoms with Gasteiger partial charge in [0.2, 0.25) is 5.91 Å². The molecule has 1 aromatic rings. The number of rotatable bonds is 3. The molecule has 0 aliphatic heterocycles. The highest BCUT2D eigenvalue weighted by Crippen LogP contribution is 2.56. The van der Waals surface area contributed by atoms with Gasteiger partial charge in [0, 0.05) is 19.5 Å². The van der Waals surface area contributed by atoms with Crippen LogP contribution in [0.5, 0.6) is 0 Å². The van der Waals surface area contributed by atoms with E-state index in [0.717, 1.165) is 17.4 Å². The van der Waals surface area contributed by atoms with E-state index in [9.17, 15) is 4.79 Å². The molecule has 0 atom stereocenters. The summed E-state index contributed by atoms with van der Waals surface area (Å²) in [5, 5.41) is 9.02. The van der Waals surface area contributed by atoms with E-state index < -0.39 is 0 Å². The number of amides is 1. The predicted octanol–water partition coefficient (Wildman–Crippen LogP) is 3.59. The van der Waals surface area contributed by atoms with E-state index >= 15 is 0 Å². The molecule has 0 N–H and O–H groups in total. The molecule has 0 heterocycles. The topological polar surface area (TPSA) is 44.1 Å². The summed E-state index contributed by atoms with van der Waals surface area (Å²) in [6.07, 6.45) is 6.54. The Balaban J connectivity index is 1.47. The van der Waals surface area contributed by atoms with Gasteiger partial charge in [-0.1, -0.05) is 12.1 Å². The number of carbonyl (C=O) groups excluding carboxylic acids is 1. The molecule has 4 aliphatic carbocycles. The maximum atomic E-state index is 13.1. The van der Waals surface area contributed by atoms with Crippen molar-refractivity contribution in [3.05, 3.63) is 35.4 Å². The minimum absolute atomic E-state index is 0.256. The number of hydrogen-bond donors (Lipinski definition) is 0. The SMILES string of the molecule is CN(Cc1cccc(C#N)c1)C(=O)C1C2CC3CC(C2)CC1C3. The van der Waals surface area contributed by atoms with Crippen molar-refractivity contribution >= 4 is 5.91 Å². The summed E-state index contributed by atoms with van der Waals surface area (Å²) >= 11 is 0. The highest BCUT2D eigenvalue weighted by Gasteiger charge is 2.51. The van der Waals surface area contributed by atoms with Gasteiger partial charge in [0.15, 0.2) is 0 Å². The van der Waals surface area contributed by atoms with Crippen molar-refractivity contribution in [2.24, 2.45) is 29.6 Å². The van der Waals surface area contributed by atoms with E-state index in [1.165, 1.54) is 32.1 Å². The zero-order chi connectivity index (χ0) is 16.0. The lowest BCUT2D eigenvalue weighted by Gasteiger charge is -2.54. The van der Waals surface area contributed by atoms with Crippen LogP contribution < -0.4 is 0 Å². The minimum Gasteiger partial charge on any atom is -0.341 e. The van der Waals surface area contributed by atoms with Crippen LogP contribution in [0.4, 0.5) is 0 Å². The first-order valence-corrected chi connectivity index (χ1v) is 8.88. The van der Waals surface area contributed by atoms with E-state index in [0.29, 0.717) is 29.9 Å². The highest BCUT2D eigenvalue weighted by molar-refractivity contribution is 5.79. The molecule has 3 nitrogen and oxygen atoms in total. The molecule has 0 unspecified atom stereocenters. The molecule has 4 bridgehead atoms. The monoisotopic (exact) mass is 308 g/mol. The molecule has 4 fully saturated rings. The summed E-state index contributed by atoms with van der Waals surface area (Å²) in [4.78, 5) is 14.9. The molecular weight excluding hydrogens is 284 g/mol. The van der Waals surface area contributed by atoms with Crippen molar-refractivity contribution in [3.8, 4) is 6.07 Å². The van der Waals surface area contributed by atoms with Crippen LogP contribution in [0.25, 0.3) is 0 Å². The second-order valence-electron chi connectivity index (χ2n) is 7.96. The maximum absolute atomic E-state index is 13.1. The fraction of sp³-hybridized carbons (Fsp3) is 0.600. The van der Waals surface area contributed by atoms with E-state index in [1.807, 2.05) is 36.2 Å². The average molecular weight is 308 g/mol. The number of carbonyl (C=O) groups is 1. The smallest absolute Gasteiger partial charge is 0.226 e. The Morgan fingerprint density at radius 1 is 1.17 bits per heavy atom. The van der Waals surface area contributed by atoms with Gasteiger partial charge in [0.25, 0.3) is 0 Å². The van der Waals surface area contributed by atoms with E-state index in [1.54, 1.807) is 0 Å². The van der Waals surface area contributed by atoms with Gasteiger partial charge in [0.05, 0.1) is 11.6 Å². The minimum atomic E-state index is 0.256. The third kappa shape index (κ3) is 2.65. The van der Waals surface area contributed by atoms with Crippen molar-refractivity contribution in [1.82, 2.24) is 4.90 Å². The standard InChI is InChI=1S/C20H24N2O/c1-22(12-14-4-2-3-13(5-14)11-21)20(23)19-17-7-15-6-16(9-17)10-18(19)8-15/h2-5,15-19H,6-10,12H2,1H3. The Bertz CT molecular complexity index is 632. The molecule has 3 heteroatoms. The van der Waals surface area contributed by atoms with Crippen molar-refractivity contribution in [3.63, 3.8) is 0 Å². The van der Waals surface area contributed by atoms with E-state index in [-0.39, 0.29) is 5.92 Å². The second-order valence-corrected chi connectivity index (χ2v) is 7.96. The Kier molecular flexibility index (Phi) is 3.64. The van der Waals surface area contributed by atoms with Gasteiger partial charge in [-0.15, -0.1) is 0 Å². The molecule has 1 amide bonds. The van der Waals surface area contributed by atoms with Gasteiger partial charge in [-0.05, 0) is 73.5 Å². The van der Waals surface area contributed by atoms with Crippen molar-refractivity contribution in [2.75, 3.05) is 7.05 Å². The lowest BCUT2D eigenvalue weighted by Crippen LogP contribution is -2.51. The van der Waals surface area contributed by atoms with Crippen LogP contribution in [0.3, 0.4) is 0 Å². The van der Waals surface area contributed by atoms with Crippen LogP contribution in [-0.2, 0) is 11.3 Å². The van der Waals surface area contributed by atoms with Crippen LogP contribution >= 0.6 is 0 Å². The summed E-state index contributed by atoms with van der Waals surface area (Å²) in [6.45, 7) is 0.608. The van der Waals surface area contributed by atoms with Crippen molar-refractivity contribution in [2.45, 2.75) is 38.6 Å². The molecule has 4 aliphatic rings. The van der Waals surface area contributed by atoms with Crippen LogP contribution in [-0.4, -0.2) is 17.9 Å². The van der Waals surface area contributed by atoms with E-state index in [2.05, 4.69) is 6.07 Å². The first kappa shape index (κ1) is 14.8. The first-order valence-electron chi connectivity index (χ1n) is 8.88. The lowest BCUT2D eigenvalue weighted by atomic mass is 9.51. The maximum Gasteiger partial charge on any atom is 0.226 e. The summed E-state index contributed by atoms with van der Waals surface area (Å²) in [6, 6.07) is 9.77. The van der Waals surface area contributed by atoms with Crippen LogP contribution in [0.2, 0.25) is 0 Å². The zero-order valence-corrected chi connectivity index (χ0v) is 13.7. The predicted molar refractivity (Wildman–Crippen MR) is 88.2 cm³/mol. The molecule has 0 spiro atoms. The molecule has 0 aromatic heterocycles. The number of nitriles is 1. The zero-order valence-electron chi connectivity index (χ0n) is 13.7. The van der Waals surface area contributed by atoms with Crippen molar-refractivity contribution < 1.29 is 4.79 Å². The Morgan fingerprint density at radius 3 is 2.43 bits per heavy atom. The molecular formula is C20H24N2O. The van der Waals surface area contributed by atoms with Gasteiger partial charge in [-0.25, -0.2) is 0 Å². The first-order chi connectivity index (χ1) is 11.1. The average Bonchev–Trinajstić information content (AvgIpc) is 2.53. The van der Waals surface area contributed by atoms with Crippen LogP contribution in [0, 0.1) is 40.9 Å². The fourth-order valence-electron chi connectivity index (χ4n) is 5.67. The van der Waals surface area contributed by atoms with E-state index in [4.69, 9.17) is 5.26 Å². The molecule has 5 rings (SSSR count). The third-order valence-corrected chi connectivity index (χ3v) is 6.36. The van der Waals surface area contributed by atoms with Gasteiger partial charge in [0.1, 0.15) is 0 Å². The fourth-order valence-corrected chi connectivity index (χ4v) is 5.67. The van der Waals surface area contributed by atoms with Gasteiger partial charge < -0.3 is 4.90 Å². The Labute approximate surface area is 138 Å². The molecule has 120 valence electrons. The third-order valence-electron chi connectivity index (χ3n) is 6.36. The normalized spacial score (nSPS) is 34.2. The molecule has 4 saturated carbocycles. The quantitative estimate of drug-likeness (QED) is 0.856. The molecule has 1 aromatic carbocycles. The highest BCUT2D eigenvalue weighted by atomic mass is 16.2. The second kappa shape index (κ2) is 5.67. The number of benzene rings is 1. The van der Waals surface area contributed by atoms with Gasteiger partial charge in [-0.3, -0.25) is 4.79 Å². The summed E-state index contributed by atoms with van der Waals surface area (Å²) < 4.78 is 0. The lowest BCUT2D eigenvalue weighted by molar-refractivity contribution is -0.148. The van der Waals surface area contributed by atoms with Crippen LogP contribution in [0.15, 0.2) is 24.3 Å². The Morgan fingerprint density at radius 2 is 1.83 bits per heavy atom.